The van der Waals surface area contributed by atoms with E-state index in [4.69, 9.17) is 15.7 Å². The molecule has 0 saturated carbocycles. The molecule has 0 aromatic carbocycles. The quantitative estimate of drug-likeness (QED) is 0.303. The molecule has 2 saturated heterocycles. The van der Waals surface area contributed by atoms with Crippen molar-refractivity contribution in [3.8, 4) is 0 Å². The maximum Gasteiger partial charge on any atom is 0.234 e. The first-order chi connectivity index (χ1) is 9.19. The molecule has 1 amide bonds. The van der Waals surface area contributed by atoms with Crippen molar-refractivity contribution in [2.24, 2.45) is 16.3 Å². The van der Waals surface area contributed by atoms with Crippen molar-refractivity contribution < 1.29 is 14.7 Å². The number of carbonyl (C=O) groups is 1. The number of hydrogen-bond acceptors (Lipinski definition) is 5. The number of carbonyl (C=O) groups excluding carboxylic acids is 1. The van der Waals surface area contributed by atoms with Crippen LogP contribution in [0.5, 0.6) is 0 Å². The summed E-state index contributed by atoms with van der Waals surface area (Å²) >= 11 is 1.89. The van der Waals surface area contributed by atoms with Crippen molar-refractivity contribution >= 4 is 23.5 Å². The van der Waals surface area contributed by atoms with Crippen LogP contribution in [0.15, 0.2) is 5.16 Å². The molecule has 0 aromatic heterocycles. The number of rotatable bonds is 4. The smallest absolute Gasteiger partial charge is 0.234 e. The highest BCUT2D eigenvalue weighted by atomic mass is 32.2. The topological polar surface area (TPSA) is 96.9 Å². The lowest BCUT2D eigenvalue weighted by Gasteiger charge is -2.34. The van der Waals surface area contributed by atoms with E-state index in [2.05, 4.69) is 10.5 Å². The van der Waals surface area contributed by atoms with E-state index in [0.717, 1.165) is 6.42 Å². The van der Waals surface area contributed by atoms with Crippen LogP contribution in [0.25, 0.3) is 0 Å². The van der Waals surface area contributed by atoms with Crippen LogP contribution >= 0.6 is 11.8 Å². The minimum absolute atomic E-state index is 0.00706. The van der Waals surface area contributed by atoms with Gasteiger partial charge in [0, 0.05) is 25.0 Å². The molecule has 2 rings (SSSR count). The second-order valence-electron chi connectivity index (χ2n) is 5.02. The molecule has 4 N–H and O–H groups in total. The fourth-order valence-corrected chi connectivity index (χ4v) is 3.80. The molecule has 6 nitrogen and oxygen atoms in total. The molecule has 0 bridgehead atoms. The molecule has 7 heteroatoms. The van der Waals surface area contributed by atoms with Crippen molar-refractivity contribution in [1.82, 2.24) is 5.32 Å². The summed E-state index contributed by atoms with van der Waals surface area (Å²) in [4.78, 5) is 12.4. The first-order valence-electron chi connectivity index (χ1n) is 6.65. The average molecular weight is 287 g/mol. The molecule has 2 fully saturated rings. The third-order valence-electron chi connectivity index (χ3n) is 3.89. The summed E-state index contributed by atoms with van der Waals surface area (Å²) in [5, 5.41) is 15.4. The van der Waals surface area contributed by atoms with E-state index in [1.165, 1.54) is 12.2 Å². The van der Waals surface area contributed by atoms with E-state index >= 15 is 0 Å². The van der Waals surface area contributed by atoms with Gasteiger partial charge in [0.2, 0.25) is 5.91 Å². The molecule has 2 aliphatic heterocycles. The molecule has 0 aromatic rings. The minimum atomic E-state index is -0.906. The van der Waals surface area contributed by atoms with Crippen molar-refractivity contribution in [1.29, 1.82) is 0 Å². The van der Waals surface area contributed by atoms with Gasteiger partial charge < -0.3 is 21.0 Å². The van der Waals surface area contributed by atoms with Crippen LogP contribution in [-0.4, -0.2) is 47.7 Å². The van der Waals surface area contributed by atoms with Crippen molar-refractivity contribution in [2.75, 3.05) is 25.5 Å². The standard InChI is InChI=1S/C12H21N3O3S/c13-10(15-17)12(3-5-18-6-4-12)11(16)14-8-9-2-1-7-19-9/h9,17H,1-8H2,(H2,13,15)(H,14,16). The van der Waals surface area contributed by atoms with Crippen LogP contribution in [0.2, 0.25) is 0 Å². The number of nitrogens with two attached hydrogens (primary N) is 1. The lowest BCUT2D eigenvalue weighted by atomic mass is 9.78. The van der Waals surface area contributed by atoms with E-state index in [1.54, 1.807) is 0 Å². The Morgan fingerprint density at radius 3 is 2.84 bits per heavy atom. The Hall–Kier alpha value is -0.950. The fraction of sp³-hybridized carbons (Fsp3) is 0.833. The highest BCUT2D eigenvalue weighted by Gasteiger charge is 2.44. The fourth-order valence-electron chi connectivity index (χ4n) is 2.60. The Balaban J connectivity index is 1.98. The highest BCUT2D eigenvalue weighted by molar-refractivity contribution is 8.00. The van der Waals surface area contributed by atoms with Gasteiger partial charge in [-0.2, -0.15) is 11.8 Å². The lowest BCUT2D eigenvalue weighted by molar-refractivity contribution is -0.131. The summed E-state index contributed by atoms with van der Waals surface area (Å²) < 4.78 is 5.27. The predicted molar refractivity (Wildman–Crippen MR) is 74.4 cm³/mol. The summed E-state index contributed by atoms with van der Waals surface area (Å²) in [5.41, 5.74) is 4.84. The summed E-state index contributed by atoms with van der Waals surface area (Å²) in [5.74, 6) is 1.02. The van der Waals surface area contributed by atoms with Crippen molar-refractivity contribution in [2.45, 2.75) is 30.9 Å². The van der Waals surface area contributed by atoms with E-state index in [1.807, 2.05) is 11.8 Å². The van der Waals surface area contributed by atoms with E-state index in [-0.39, 0.29) is 11.7 Å². The van der Waals surface area contributed by atoms with Crippen LogP contribution in [0, 0.1) is 5.41 Å². The molecule has 0 radical (unpaired) electrons. The van der Waals surface area contributed by atoms with Crippen LogP contribution < -0.4 is 11.1 Å². The van der Waals surface area contributed by atoms with Gasteiger partial charge in [-0.25, -0.2) is 0 Å². The zero-order valence-corrected chi connectivity index (χ0v) is 11.7. The second kappa shape index (κ2) is 6.47. The number of amides is 1. The molecule has 1 atom stereocenters. The first-order valence-corrected chi connectivity index (χ1v) is 7.69. The number of oxime groups is 1. The predicted octanol–water partition coefficient (Wildman–Crippen LogP) is 0.541. The second-order valence-corrected chi connectivity index (χ2v) is 6.43. The number of hydrogen-bond donors (Lipinski definition) is 3. The van der Waals surface area contributed by atoms with E-state index < -0.39 is 5.41 Å². The Morgan fingerprint density at radius 1 is 1.53 bits per heavy atom. The zero-order valence-electron chi connectivity index (χ0n) is 10.9. The summed E-state index contributed by atoms with van der Waals surface area (Å²) in [6.07, 6.45) is 3.29. The average Bonchev–Trinajstić information content (AvgIpc) is 2.97. The Kier molecular flexibility index (Phi) is 4.93. The van der Waals surface area contributed by atoms with Crippen molar-refractivity contribution in [3.63, 3.8) is 0 Å². The third-order valence-corrected chi connectivity index (χ3v) is 5.29. The molecular weight excluding hydrogens is 266 g/mol. The maximum absolute atomic E-state index is 12.4. The maximum atomic E-state index is 12.4. The normalized spacial score (nSPS) is 27.2. The van der Waals surface area contributed by atoms with Crippen LogP contribution in [0.1, 0.15) is 25.7 Å². The number of thioether (sulfide) groups is 1. The molecule has 0 spiro atoms. The molecule has 2 heterocycles. The monoisotopic (exact) mass is 287 g/mol. The van der Waals surface area contributed by atoms with E-state index in [0.29, 0.717) is 37.9 Å². The molecule has 1 unspecified atom stereocenters. The molecule has 0 aliphatic carbocycles. The van der Waals surface area contributed by atoms with Crippen LogP contribution in [0.3, 0.4) is 0 Å². The molecule has 108 valence electrons. The number of nitrogens with one attached hydrogen (secondary N) is 1. The zero-order chi connectivity index (χ0) is 13.7. The third kappa shape index (κ3) is 3.14. The van der Waals surface area contributed by atoms with Gasteiger partial charge in [-0.3, -0.25) is 4.79 Å². The highest BCUT2D eigenvalue weighted by Crippen LogP contribution is 2.32. The Bertz CT molecular complexity index is 350. The van der Waals surface area contributed by atoms with Gasteiger partial charge in [-0.15, -0.1) is 0 Å². The lowest BCUT2D eigenvalue weighted by Crippen LogP contribution is -2.53. The number of amidine groups is 1. The number of ether oxygens (including phenoxy) is 1. The Labute approximate surface area is 117 Å². The Morgan fingerprint density at radius 2 is 2.26 bits per heavy atom. The van der Waals surface area contributed by atoms with Gasteiger partial charge in [-0.1, -0.05) is 5.16 Å². The van der Waals surface area contributed by atoms with Gasteiger partial charge in [-0.05, 0) is 31.4 Å². The summed E-state index contributed by atoms with van der Waals surface area (Å²) in [6.45, 7) is 1.58. The van der Waals surface area contributed by atoms with Crippen LogP contribution in [-0.2, 0) is 9.53 Å². The van der Waals surface area contributed by atoms with Gasteiger partial charge in [0.25, 0.3) is 0 Å². The van der Waals surface area contributed by atoms with E-state index in [9.17, 15) is 4.79 Å². The minimum Gasteiger partial charge on any atom is -0.409 e. The number of nitrogens with zero attached hydrogens (tertiary/aromatic N) is 1. The molecule has 2 aliphatic rings. The van der Waals surface area contributed by atoms with Crippen molar-refractivity contribution in [3.05, 3.63) is 0 Å². The van der Waals surface area contributed by atoms with Crippen LogP contribution in [0.4, 0.5) is 0 Å². The first kappa shape index (κ1) is 14.5. The van der Waals surface area contributed by atoms with Gasteiger partial charge >= 0.3 is 0 Å². The largest absolute Gasteiger partial charge is 0.409 e. The molecular formula is C12H21N3O3S. The summed E-state index contributed by atoms with van der Waals surface area (Å²) in [7, 11) is 0. The van der Waals surface area contributed by atoms with Gasteiger partial charge in [0.15, 0.2) is 5.84 Å². The molecule has 19 heavy (non-hydrogen) atoms. The van der Waals surface area contributed by atoms with Gasteiger partial charge in [0.05, 0.1) is 0 Å². The van der Waals surface area contributed by atoms with Gasteiger partial charge in [0.1, 0.15) is 5.41 Å². The summed E-state index contributed by atoms with van der Waals surface area (Å²) in [6, 6.07) is 0. The SMILES string of the molecule is NC(=NO)C1(C(=O)NCC2CCCS2)CCOCC1.